The van der Waals surface area contributed by atoms with Gasteiger partial charge in [-0.2, -0.15) is 0 Å². The van der Waals surface area contributed by atoms with E-state index in [0.29, 0.717) is 38.0 Å². The van der Waals surface area contributed by atoms with Crippen molar-refractivity contribution in [3.05, 3.63) is 41.6 Å². The van der Waals surface area contributed by atoms with Crippen LogP contribution in [0, 0.1) is 6.92 Å². The highest BCUT2D eigenvalue weighted by atomic mass is 16.5. The monoisotopic (exact) mass is 401 g/mol. The Labute approximate surface area is 170 Å². The van der Waals surface area contributed by atoms with Gasteiger partial charge in [0.15, 0.2) is 0 Å². The van der Waals surface area contributed by atoms with E-state index in [0.717, 1.165) is 11.3 Å². The number of carbonyl (C=O) groups excluding carboxylic acids is 2. The Bertz CT molecular complexity index is 853. The molecule has 0 saturated carbocycles. The van der Waals surface area contributed by atoms with Gasteiger partial charge in [0.2, 0.25) is 23.6 Å². The van der Waals surface area contributed by atoms with E-state index in [9.17, 15) is 9.59 Å². The number of piperazine rings is 1. The maximum absolute atomic E-state index is 12.7. The molecule has 0 radical (unpaired) electrons. The number of rotatable bonds is 8. The van der Waals surface area contributed by atoms with E-state index in [2.05, 4.69) is 15.5 Å². The molecular weight excluding hydrogens is 374 g/mol. The van der Waals surface area contributed by atoms with Gasteiger partial charge in [-0.05, 0) is 13.0 Å². The Morgan fingerprint density at radius 3 is 2.90 bits per heavy atom. The molecular formula is C20H27N5O4. The van der Waals surface area contributed by atoms with Crippen molar-refractivity contribution in [2.24, 2.45) is 0 Å². The quantitative estimate of drug-likeness (QED) is 0.707. The highest BCUT2D eigenvalue weighted by molar-refractivity contribution is 5.88. The van der Waals surface area contributed by atoms with Crippen molar-refractivity contribution in [1.29, 1.82) is 0 Å². The van der Waals surface area contributed by atoms with Crippen molar-refractivity contribution in [2.75, 3.05) is 26.7 Å². The van der Waals surface area contributed by atoms with Gasteiger partial charge >= 0.3 is 0 Å². The second-order valence-corrected chi connectivity index (χ2v) is 6.99. The zero-order valence-corrected chi connectivity index (χ0v) is 17.1. The van der Waals surface area contributed by atoms with Gasteiger partial charge in [0.1, 0.15) is 5.75 Å². The van der Waals surface area contributed by atoms with Crippen LogP contribution in [0.2, 0.25) is 0 Å². The van der Waals surface area contributed by atoms with E-state index in [1.54, 1.807) is 14.0 Å². The molecule has 1 aromatic carbocycles. The van der Waals surface area contributed by atoms with Crippen molar-refractivity contribution in [2.45, 2.75) is 39.4 Å². The second-order valence-electron chi connectivity index (χ2n) is 6.99. The van der Waals surface area contributed by atoms with Gasteiger partial charge in [0.25, 0.3) is 0 Å². The Morgan fingerprint density at radius 1 is 1.38 bits per heavy atom. The second kappa shape index (κ2) is 9.51. The van der Waals surface area contributed by atoms with Crippen LogP contribution in [-0.2, 0) is 22.7 Å². The van der Waals surface area contributed by atoms with Crippen LogP contribution in [0.25, 0.3) is 0 Å². The van der Waals surface area contributed by atoms with Crippen LogP contribution in [0.4, 0.5) is 0 Å². The molecule has 0 aliphatic carbocycles. The Hall–Kier alpha value is -2.94. The fourth-order valence-electron chi connectivity index (χ4n) is 3.34. The van der Waals surface area contributed by atoms with Crippen molar-refractivity contribution in [1.82, 2.24) is 25.3 Å². The molecule has 1 aliphatic heterocycles. The predicted octanol–water partition coefficient (Wildman–Crippen LogP) is 1.13. The third-order valence-corrected chi connectivity index (χ3v) is 4.82. The number of nitrogens with one attached hydrogen (secondary N) is 1. The van der Waals surface area contributed by atoms with Crippen LogP contribution in [0.1, 0.15) is 30.7 Å². The molecule has 2 heterocycles. The molecule has 3 rings (SSSR count). The molecule has 1 saturated heterocycles. The van der Waals surface area contributed by atoms with Crippen molar-refractivity contribution >= 4 is 11.8 Å². The number of ether oxygens (including phenoxy) is 1. The number of amides is 2. The first kappa shape index (κ1) is 20.8. The number of carbonyl (C=O) groups is 2. The first-order valence-electron chi connectivity index (χ1n) is 9.73. The zero-order valence-electron chi connectivity index (χ0n) is 17.1. The molecule has 1 N–H and O–H groups in total. The first-order chi connectivity index (χ1) is 14.0. The van der Waals surface area contributed by atoms with Gasteiger partial charge in [-0.3, -0.25) is 14.5 Å². The molecule has 0 spiro atoms. The van der Waals surface area contributed by atoms with Crippen molar-refractivity contribution in [3.8, 4) is 5.75 Å². The van der Waals surface area contributed by atoms with Crippen LogP contribution < -0.4 is 10.1 Å². The number of benzene rings is 1. The molecule has 1 fully saturated rings. The number of hydrogen-bond acceptors (Lipinski definition) is 7. The molecule has 1 aromatic heterocycles. The lowest BCUT2D eigenvalue weighted by Crippen LogP contribution is -2.56. The van der Waals surface area contributed by atoms with E-state index in [1.165, 1.54) is 4.90 Å². The summed E-state index contributed by atoms with van der Waals surface area (Å²) < 4.78 is 11.0. The van der Waals surface area contributed by atoms with E-state index in [1.807, 2.05) is 36.1 Å². The van der Waals surface area contributed by atoms with E-state index >= 15 is 0 Å². The van der Waals surface area contributed by atoms with Crippen LogP contribution in [-0.4, -0.2) is 64.6 Å². The minimum Gasteiger partial charge on any atom is -0.494 e. The summed E-state index contributed by atoms with van der Waals surface area (Å²) in [4.78, 5) is 28.8. The number of para-hydroxylation sites is 1. The first-order valence-corrected chi connectivity index (χ1v) is 9.73. The highest BCUT2D eigenvalue weighted by Gasteiger charge is 2.33. The molecule has 1 aliphatic rings. The lowest BCUT2D eigenvalue weighted by molar-refractivity contribution is -0.138. The molecule has 2 amide bonds. The van der Waals surface area contributed by atoms with Gasteiger partial charge in [-0.15, -0.1) is 10.2 Å². The van der Waals surface area contributed by atoms with Crippen molar-refractivity contribution < 1.29 is 18.7 Å². The third-order valence-electron chi connectivity index (χ3n) is 4.82. The standard InChI is InChI=1S/C20H27N5O4/c1-4-28-17-8-6-5-7-15(17)12-25-10-9-21-20(27)16(25)11-19(26)24(3)13-18-23-22-14(2)29-18/h5-8,16H,4,9-13H2,1-3H3,(H,21,27)/t16-/m0/s1. The summed E-state index contributed by atoms with van der Waals surface area (Å²) in [5.74, 6) is 1.32. The molecule has 1 atom stereocenters. The minimum absolute atomic E-state index is 0.0756. The summed E-state index contributed by atoms with van der Waals surface area (Å²) >= 11 is 0. The summed E-state index contributed by atoms with van der Waals surface area (Å²) in [6.07, 6.45) is 0.0756. The molecule has 2 aromatic rings. The average molecular weight is 401 g/mol. The highest BCUT2D eigenvalue weighted by Crippen LogP contribution is 2.22. The van der Waals surface area contributed by atoms with Crippen LogP contribution in [0.5, 0.6) is 5.75 Å². The number of nitrogens with zero attached hydrogens (tertiary/aromatic N) is 4. The van der Waals surface area contributed by atoms with Gasteiger partial charge in [-0.1, -0.05) is 18.2 Å². The van der Waals surface area contributed by atoms with E-state index in [4.69, 9.17) is 9.15 Å². The smallest absolute Gasteiger partial charge is 0.237 e. The largest absolute Gasteiger partial charge is 0.494 e. The SMILES string of the molecule is CCOc1ccccc1CN1CCNC(=O)[C@@H]1CC(=O)N(C)Cc1nnc(C)o1. The Morgan fingerprint density at radius 2 is 2.17 bits per heavy atom. The number of aryl methyl sites for hydroxylation is 1. The van der Waals surface area contributed by atoms with Gasteiger partial charge in [0, 0.05) is 39.2 Å². The summed E-state index contributed by atoms with van der Waals surface area (Å²) in [6.45, 7) is 6.17. The van der Waals surface area contributed by atoms with Gasteiger partial charge < -0.3 is 19.4 Å². The van der Waals surface area contributed by atoms with Gasteiger partial charge in [0.05, 0.1) is 25.6 Å². The lowest BCUT2D eigenvalue weighted by atomic mass is 10.1. The molecule has 0 unspecified atom stereocenters. The maximum Gasteiger partial charge on any atom is 0.237 e. The lowest BCUT2D eigenvalue weighted by Gasteiger charge is -2.35. The van der Waals surface area contributed by atoms with Crippen molar-refractivity contribution in [3.63, 3.8) is 0 Å². The van der Waals surface area contributed by atoms with Crippen LogP contribution in [0.15, 0.2) is 28.7 Å². The zero-order chi connectivity index (χ0) is 20.8. The fourth-order valence-corrected chi connectivity index (χ4v) is 3.34. The average Bonchev–Trinajstić information content (AvgIpc) is 3.10. The molecule has 156 valence electrons. The fraction of sp³-hybridized carbons (Fsp3) is 0.500. The van der Waals surface area contributed by atoms with E-state index < -0.39 is 6.04 Å². The maximum atomic E-state index is 12.7. The number of hydrogen-bond donors (Lipinski definition) is 1. The molecule has 9 heteroatoms. The van der Waals surface area contributed by atoms with E-state index in [-0.39, 0.29) is 24.8 Å². The molecule has 9 nitrogen and oxygen atoms in total. The van der Waals surface area contributed by atoms with Gasteiger partial charge in [-0.25, -0.2) is 0 Å². The summed E-state index contributed by atoms with van der Waals surface area (Å²) in [5.41, 5.74) is 0.996. The number of aromatic nitrogens is 2. The van der Waals surface area contributed by atoms with Crippen LogP contribution >= 0.6 is 0 Å². The molecule has 0 bridgehead atoms. The molecule has 29 heavy (non-hydrogen) atoms. The predicted molar refractivity (Wildman–Crippen MR) is 105 cm³/mol. The topological polar surface area (TPSA) is 101 Å². The Kier molecular flexibility index (Phi) is 6.82. The normalized spacial score (nSPS) is 17.1. The summed E-state index contributed by atoms with van der Waals surface area (Å²) in [7, 11) is 1.66. The van der Waals surface area contributed by atoms with Crippen LogP contribution in [0.3, 0.4) is 0 Å². The summed E-state index contributed by atoms with van der Waals surface area (Å²) in [5, 5.41) is 10.5. The summed E-state index contributed by atoms with van der Waals surface area (Å²) in [6, 6.07) is 7.23. The Balaban J connectivity index is 1.68. The minimum atomic E-state index is -0.544. The third kappa shape index (κ3) is 5.32.